The number of H-pyrrole nitrogens is 1. The quantitative estimate of drug-likeness (QED) is 0.503. The summed E-state index contributed by atoms with van der Waals surface area (Å²) in [6.45, 7) is 4.27. The van der Waals surface area contributed by atoms with Crippen LogP contribution in [0.3, 0.4) is 0 Å². The van der Waals surface area contributed by atoms with Gasteiger partial charge in [0.25, 0.3) is 5.56 Å². The molecule has 3 rings (SSSR count). The molecule has 0 saturated carbocycles. The number of aromatic amines is 1. The van der Waals surface area contributed by atoms with Gasteiger partial charge in [-0.05, 0) is 42.0 Å². The summed E-state index contributed by atoms with van der Waals surface area (Å²) in [5.41, 5.74) is 1.66. The van der Waals surface area contributed by atoms with Crippen molar-refractivity contribution in [2.24, 2.45) is 0 Å². The predicted octanol–water partition coefficient (Wildman–Crippen LogP) is 4.95. The van der Waals surface area contributed by atoms with Crippen LogP contribution in [0.2, 0.25) is 0 Å². The lowest BCUT2D eigenvalue weighted by Gasteiger charge is -2.13. The molecule has 0 bridgehead atoms. The molecule has 2 aromatic carbocycles. The summed E-state index contributed by atoms with van der Waals surface area (Å²) in [4.78, 5) is 19.3. The van der Waals surface area contributed by atoms with E-state index in [4.69, 9.17) is 4.74 Å². The Morgan fingerprint density at radius 3 is 2.48 bits per heavy atom. The lowest BCUT2D eigenvalue weighted by molar-refractivity contribution is 0.484. The van der Waals surface area contributed by atoms with Gasteiger partial charge >= 0.3 is 0 Å². The zero-order valence-corrected chi connectivity index (χ0v) is 16.1. The fraction of sp³-hybridized carbons (Fsp3) is 0.190. The third kappa shape index (κ3) is 4.04. The van der Waals surface area contributed by atoms with Gasteiger partial charge in [0.1, 0.15) is 28.8 Å². The molecule has 0 radical (unpaired) electrons. The highest BCUT2D eigenvalue weighted by molar-refractivity contribution is 7.98. The molecule has 0 amide bonds. The molecule has 136 valence electrons. The number of aromatic nitrogens is 2. The van der Waals surface area contributed by atoms with Crippen LogP contribution in [0, 0.1) is 11.3 Å². The first-order valence-electron chi connectivity index (χ1n) is 8.49. The summed E-state index contributed by atoms with van der Waals surface area (Å²) in [5, 5.41) is 9.88. The van der Waals surface area contributed by atoms with Crippen molar-refractivity contribution in [1.29, 1.82) is 5.26 Å². The van der Waals surface area contributed by atoms with E-state index in [-0.39, 0.29) is 5.56 Å². The first kappa shape index (κ1) is 18.7. The molecule has 3 aromatic rings. The molecule has 5 nitrogen and oxygen atoms in total. The van der Waals surface area contributed by atoms with Gasteiger partial charge in [-0.15, -0.1) is 0 Å². The van der Waals surface area contributed by atoms with Crippen LogP contribution in [0.15, 0.2) is 58.5 Å². The Kier molecular flexibility index (Phi) is 5.63. The molecule has 1 heterocycles. The van der Waals surface area contributed by atoms with E-state index < -0.39 is 5.56 Å². The molecular weight excluding hydrogens is 358 g/mol. The van der Waals surface area contributed by atoms with Crippen LogP contribution in [0.4, 0.5) is 0 Å². The molecule has 0 saturated heterocycles. The van der Waals surface area contributed by atoms with E-state index in [0.717, 1.165) is 0 Å². The molecule has 1 N–H and O–H groups in total. The SMILES string of the molecule is CSc1nc(-c2ccccc2Oc2ccc(C(C)C)cc2)c(C#N)c(=O)[nH]1. The van der Waals surface area contributed by atoms with Crippen molar-refractivity contribution in [2.45, 2.75) is 24.9 Å². The number of nitrogens with zero attached hydrogens (tertiary/aromatic N) is 2. The summed E-state index contributed by atoms with van der Waals surface area (Å²) in [7, 11) is 0. The van der Waals surface area contributed by atoms with Crippen molar-refractivity contribution in [1.82, 2.24) is 9.97 Å². The number of ether oxygens (including phenoxy) is 1. The van der Waals surface area contributed by atoms with Gasteiger partial charge in [0.15, 0.2) is 5.16 Å². The second kappa shape index (κ2) is 8.11. The topological polar surface area (TPSA) is 78.8 Å². The second-order valence-corrected chi connectivity index (χ2v) is 7.03. The van der Waals surface area contributed by atoms with Gasteiger partial charge in [-0.1, -0.05) is 49.9 Å². The maximum Gasteiger partial charge on any atom is 0.270 e. The highest BCUT2D eigenvalue weighted by Gasteiger charge is 2.17. The lowest BCUT2D eigenvalue weighted by atomic mass is 10.0. The van der Waals surface area contributed by atoms with Crippen molar-refractivity contribution in [3.05, 3.63) is 70.0 Å². The Hall–Kier alpha value is -3.04. The van der Waals surface area contributed by atoms with Gasteiger partial charge in [-0.25, -0.2) is 4.98 Å². The van der Waals surface area contributed by atoms with E-state index in [1.54, 1.807) is 12.1 Å². The molecule has 0 aliphatic carbocycles. The molecule has 0 atom stereocenters. The van der Waals surface area contributed by atoms with Crippen molar-refractivity contribution < 1.29 is 4.74 Å². The largest absolute Gasteiger partial charge is 0.457 e. The zero-order chi connectivity index (χ0) is 19.4. The van der Waals surface area contributed by atoms with Crippen LogP contribution < -0.4 is 10.3 Å². The van der Waals surface area contributed by atoms with E-state index in [1.165, 1.54) is 17.3 Å². The standard InChI is InChI=1S/C21H19N3O2S/c1-13(2)14-8-10-15(11-9-14)26-18-7-5-4-6-16(18)19-17(12-22)20(25)24-21(23-19)27-3/h4-11,13H,1-3H3,(H,23,24,25). The second-order valence-electron chi connectivity index (χ2n) is 6.23. The summed E-state index contributed by atoms with van der Waals surface area (Å²) in [5.74, 6) is 1.66. The third-order valence-electron chi connectivity index (χ3n) is 4.12. The molecule has 27 heavy (non-hydrogen) atoms. The number of thioether (sulfide) groups is 1. The van der Waals surface area contributed by atoms with Gasteiger partial charge in [0.2, 0.25) is 0 Å². The van der Waals surface area contributed by atoms with Crippen LogP contribution in [0.25, 0.3) is 11.3 Å². The first-order chi connectivity index (χ1) is 13.0. The van der Waals surface area contributed by atoms with E-state index in [0.29, 0.717) is 33.8 Å². The number of para-hydroxylation sites is 1. The fourth-order valence-corrected chi connectivity index (χ4v) is 3.02. The van der Waals surface area contributed by atoms with E-state index in [2.05, 4.69) is 23.8 Å². The van der Waals surface area contributed by atoms with Crippen LogP contribution in [0.5, 0.6) is 11.5 Å². The highest BCUT2D eigenvalue weighted by atomic mass is 32.2. The maximum absolute atomic E-state index is 12.2. The Morgan fingerprint density at radius 2 is 1.85 bits per heavy atom. The summed E-state index contributed by atoms with van der Waals surface area (Å²) in [6.07, 6.45) is 1.81. The van der Waals surface area contributed by atoms with Gasteiger partial charge in [0, 0.05) is 5.56 Å². The number of hydrogen-bond donors (Lipinski definition) is 1. The maximum atomic E-state index is 12.2. The van der Waals surface area contributed by atoms with E-state index >= 15 is 0 Å². The molecule has 6 heteroatoms. The summed E-state index contributed by atoms with van der Waals surface area (Å²) >= 11 is 1.31. The molecule has 0 fully saturated rings. The minimum Gasteiger partial charge on any atom is -0.457 e. The minimum atomic E-state index is -0.456. The van der Waals surface area contributed by atoms with Crippen LogP contribution in [0.1, 0.15) is 30.9 Å². The van der Waals surface area contributed by atoms with Crippen LogP contribution >= 0.6 is 11.8 Å². The third-order valence-corrected chi connectivity index (χ3v) is 4.70. The molecule has 0 aliphatic rings. The molecule has 0 spiro atoms. The molecular formula is C21H19N3O2S. The predicted molar refractivity (Wildman–Crippen MR) is 107 cm³/mol. The van der Waals surface area contributed by atoms with Gasteiger partial charge in [-0.2, -0.15) is 5.26 Å². The van der Waals surface area contributed by atoms with Crippen LogP contribution in [-0.4, -0.2) is 16.2 Å². The number of benzene rings is 2. The number of hydrogen-bond acceptors (Lipinski definition) is 5. The zero-order valence-electron chi connectivity index (χ0n) is 15.3. The van der Waals surface area contributed by atoms with Crippen molar-refractivity contribution in [3.8, 4) is 28.8 Å². The smallest absolute Gasteiger partial charge is 0.270 e. The van der Waals surface area contributed by atoms with E-state index in [9.17, 15) is 10.1 Å². The summed E-state index contributed by atoms with van der Waals surface area (Å²) < 4.78 is 6.04. The highest BCUT2D eigenvalue weighted by Crippen LogP contribution is 2.34. The van der Waals surface area contributed by atoms with Crippen molar-refractivity contribution >= 4 is 11.8 Å². The monoisotopic (exact) mass is 377 g/mol. The first-order valence-corrected chi connectivity index (χ1v) is 9.71. The van der Waals surface area contributed by atoms with Gasteiger partial charge in [0.05, 0.1) is 0 Å². The fourth-order valence-electron chi connectivity index (χ4n) is 2.65. The Bertz CT molecular complexity index is 1050. The molecule has 0 unspecified atom stereocenters. The van der Waals surface area contributed by atoms with Crippen molar-refractivity contribution in [2.75, 3.05) is 6.26 Å². The molecule has 0 aliphatic heterocycles. The normalized spacial score (nSPS) is 10.6. The van der Waals surface area contributed by atoms with Gasteiger partial charge in [-0.3, -0.25) is 4.79 Å². The Morgan fingerprint density at radius 1 is 1.15 bits per heavy atom. The average molecular weight is 377 g/mol. The summed E-state index contributed by atoms with van der Waals surface area (Å²) in [6, 6.07) is 17.1. The Labute approximate surface area is 162 Å². The van der Waals surface area contributed by atoms with E-state index in [1.807, 2.05) is 48.7 Å². The number of nitriles is 1. The van der Waals surface area contributed by atoms with Crippen molar-refractivity contribution in [3.63, 3.8) is 0 Å². The average Bonchev–Trinajstić information content (AvgIpc) is 2.68. The number of nitrogens with one attached hydrogen (secondary N) is 1. The Balaban J connectivity index is 2.06. The lowest BCUT2D eigenvalue weighted by Crippen LogP contribution is -2.14. The van der Waals surface area contributed by atoms with Crippen LogP contribution in [-0.2, 0) is 0 Å². The molecule has 1 aromatic heterocycles. The number of rotatable bonds is 5. The van der Waals surface area contributed by atoms with Gasteiger partial charge < -0.3 is 9.72 Å². The minimum absolute atomic E-state index is 0.0287.